The SMILES string of the molecule is Cl.Fc1cc(Cl)ccc1CN1CCNCC1. The van der Waals surface area contributed by atoms with E-state index >= 15 is 0 Å². The second kappa shape index (κ2) is 6.40. The second-order valence-corrected chi connectivity index (χ2v) is 4.20. The lowest BCUT2D eigenvalue weighted by Crippen LogP contribution is -2.43. The van der Waals surface area contributed by atoms with Crippen molar-refractivity contribution in [1.29, 1.82) is 0 Å². The number of benzene rings is 1. The Morgan fingerprint density at radius 2 is 2.00 bits per heavy atom. The molecule has 90 valence electrons. The van der Waals surface area contributed by atoms with E-state index in [-0.39, 0.29) is 18.2 Å². The van der Waals surface area contributed by atoms with Gasteiger partial charge in [0.15, 0.2) is 0 Å². The average Bonchev–Trinajstić information content (AvgIpc) is 2.24. The summed E-state index contributed by atoms with van der Waals surface area (Å²) in [7, 11) is 0. The van der Waals surface area contributed by atoms with Gasteiger partial charge < -0.3 is 5.32 Å². The number of rotatable bonds is 2. The zero-order valence-corrected chi connectivity index (χ0v) is 10.5. The fourth-order valence-corrected chi connectivity index (χ4v) is 1.92. The number of nitrogens with one attached hydrogen (secondary N) is 1. The Morgan fingerprint density at radius 3 is 2.62 bits per heavy atom. The van der Waals surface area contributed by atoms with Gasteiger partial charge in [-0.1, -0.05) is 17.7 Å². The van der Waals surface area contributed by atoms with Gasteiger partial charge in [0.05, 0.1) is 0 Å². The first-order chi connectivity index (χ1) is 7.25. The van der Waals surface area contributed by atoms with Crippen molar-refractivity contribution in [3.8, 4) is 0 Å². The number of nitrogens with zero attached hydrogens (tertiary/aromatic N) is 1. The van der Waals surface area contributed by atoms with Crippen LogP contribution in [0.5, 0.6) is 0 Å². The lowest BCUT2D eigenvalue weighted by Gasteiger charge is -2.27. The molecule has 0 aliphatic carbocycles. The predicted molar refractivity (Wildman–Crippen MR) is 66.8 cm³/mol. The van der Waals surface area contributed by atoms with Gasteiger partial charge in [-0.3, -0.25) is 4.90 Å². The van der Waals surface area contributed by atoms with E-state index in [0.717, 1.165) is 31.7 Å². The maximum absolute atomic E-state index is 13.5. The van der Waals surface area contributed by atoms with Crippen molar-refractivity contribution in [1.82, 2.24) is 10.2 Å². The molecule has 1 aromatic rings. The molecule has 1 saturated heterocycles. The summed E-state index contributed by atoms with van der Waals surface area (Å²) in [6, 6.07) is 4.88. The Labute approximate surface area is 106 Å². The topological polar surface area (TPSA) is 15.3 Å². The smallest absolute Gasteiger partial charge is 0.129 e. The van der Waals surface area contributed by atoms with Crippen molar-refractivity contribution in [2.75, 3.05) is 26.2 Å². The van der Waals surface area contributed by atoms with Crippen LogP contribution >= 0.6 is 24.0 Å². The highest BCUT2D eigenvalue weighted by molar-refractivity contribution is 6.30. The summed E-state index contributed by atoms with van der Waals surface area (Å²) in [5.74, 6) is -0.207. The highest BCUT2D eigenvalue weighted by Gasteiger charge is 2.12. The van der Waals surface area contributed by atoms with E-state index in [9.17, 15) is 4.39 Å². The molecule has 1 aliphatic heterocycles. The summed E-state index contributed by atoms with van der Waals surface area (Å²) in [4.78, 5) is 2.24. The minimum absolute atomic E-state index is 0. The molecule has 1 N–H and O–H groups in total. The molecule has 0 saturated carbocycles. The quantitative estimate of drug-likeness (QED) is 0.882. The largest absolute Gasteiger partial charge is 0.314 e. The summed E-state index contributed by atoms with van der Waals surface area (Å²) >= 11 is 5.70. The molecular formula is C11H15Cl2FN2. The van der Waals surface area contributed by atoms with Gasteiger partial charge in [0.2, 0.25) is 0 Å². The van der Waals surface area contributed by atoms with Gasteiger partial charge in [-0.25, -0.2) is 4.39 Å². The van der Waals surface area contributed by atoms with Gasteiger partial charge >= 0.3 is 0 Å². The molecule has 0 bridgehead atoms. The van der Waals surface area contributed by atoms with E-state index < -0.39 is 0 Å². The van der Waals surface area contributed by atoms with E-state index in [1.807, 2.05) is 0 Å². The van der Waals surface area contributed by atoms with E-state index in [1.54, 1.807) is 12.1 Å². The molecule has 5 heteroatoms. The first kappa shape index (κ1) is 13.7. The van der Waals surface area contributed by atoms with Gasteiger partial charge in [-0.05, 0) is 12.1 Å². The van der Waals surface area contributed by atoms with Crippen LogP contribution in [0, 0.1) is 5.82 Å². The van der Waals surface area contributed by atoms with Crippen molar-refractivity contribution in [2.24, 2.45) is 0 Å². The van der Waals surface area contributed by atoms with Gasteiger partial charge in [0.1, 0.15) is 5.82 Å². The van der Waals surface area contributed by atoms with Crippen LogP contribution in [0.1, 0.15) is 5.56 Å². The van der Waals surface area contributed by atoms with Crippen molar-refractivity contribution in [2.45, 2.75) is 6.54 Å². The zero-order valence-electron chi connectivity index (χ0n) is 8.88. The first-order valence-corrected chi connectivity index (χ1v) is 5.50. The van der Waals surface area contributed by atoms with Crippen LogP contribution in [0.25, 0.3) is 0 Å². The average molecular weight is 265 g/mol. The highest BCUT2D eigenvalue weighted by atomic mass is 35.5. The van der Waals surface area contributed by atoms with Crippen LogP contribution in [0.3, 0.4) is 0 Å². The molecule has 0 spiro atoms. The van der Waals surface area contributed by atoms with Gasteiger partial charge in [-0.15, -0.1) is 12.4 Å². The van der Waals surface area contributed by atoms with Crippen molar-refractivity contribution < 1.29 is 4.39 Å². The third kappa shape index (κ3) is 3.59. The zero-order chi connectivity index (χ0) is 10.7. The lowest BCUT2D eigenvalue weighted by molar-refractivity contribution is 0.230. The Balaban J connectivity index is 0.00000128. The normalized spacial score (nSPS) is 16.9. The Hall–Kier alpha value is -0.350. The van der Waals surface area contributed by atoms with Gasteiger partial charge in [0.25, 0.3) is 0 Å². The van der Waals surface area contributed by atoms with Crippen LogP contribution in [-0.4, -0.2) is 31.1 Å². The van der Waals surface area contributed by atoms with E-state index in [2.05, 4.69) is 10.2 Å². The summed E-state index contributed by atoms with van der Waals surface area (Å²) in [5, 5.41) is 3.72. The third-order valence-electron chi connectivity index (χ3n) is 2.62. The molecule has 0 amide bonds. The molecule has 16 heavy (non-hydrogen) atoms. The first-order valence-electron chi connectivity index (χ1n) is 5.13. The monoisotopic (exact) mass is 264 g/mol. The maximum Gasteiger partial charge on any atom is 0.129 e. The summed E-state index contributed by atoms with van der Waals surface area (Å²) in [5.41, 5.74) is 0.723. The van der Waals surface area contributed by atoms with Crippen LogP contribution in [-0.2, 0) is 6.54 Å². The molecule has 1 aliphatic rings. The van der Waals surface area contributed by atoms with E-state index in [4.69, 9.17) is 11.6 Å². The molecular weight excluding hydrogens is 250 g/mol. The fourth-order valence-electron chi connectivity index (χ4n) is 1.76. The fraction of sp³-hybridized carbons (Fsp3) is 0.455. The molecule has 1 aromatic carbocycles. The van der Waals surface area contributed by atoms with E-state index in [1.165, 1.54) is 6.07 Å². The molecule has 2 rings (SSSR count). The van der Waals surface area contributed by atoms with Crippen molar-refractivity contribution in [3.05, 3.63) is 34.6 Å². The minimum Gasteiger partial charge on any atom is -0.314 e. The molecule has 1 heterocycles. The number of piperazine rings is 1. The van der Waals surface area contributed by atoms with Gasteiger partial charge in [0, 0.05) is 43.3 Å². The van der Waals surface area contributed by atoms with Crippen molar-refractivity contribution in [3.63, 3.8) is 0 Å². The lowest BCUT2D eigenvalue weighted by atomic mass is 10.2. The van der Waals surface area contributed by atoms with Gasteiger partial charge in [-0.2, -0.15) is 0 Å². The molecule has 2 nitrogen and oxygen atoms in total. The van der Waals surface area contributed by atoms with Crippen LogP contribution < -0.4 is 5.32 Å². The van der Waals surface area contributed by atoms with E-state index in [0.29, 0.717) is 11.6 Å². The van der Waals surface area contributed by atoms with Crippen molar-refractivity contribution >= 4 is 24.0 Å². The molecule has 0 radical (unpaired) electrons. The summed E-state index contributed by atoms with van der Waals surface area (Å²) in [6.07, 6.45) is 0. The molecule has 0 unspecified atom stereocenters. The van der Waals surface area contributed by atoms with Crippen LogP contribution in [0.15, 0.2) is 18.2 Å². The minimum atomic E-state index is -0.207. The summed E-state index contributed by atoms with van der Waals surface area (Å²) in [6.45, 7) is 4.58. The second-order valence-electron chi connectivity index (χ2n) is 3.76. The summed E-state index contributed by atoms with van der Waals surface area (Å²) < 4.78 is 13.5. The third-order valence-corrected chi connectivity index (χ3v) is 2.85. The van der Waals surface area contributed by atoms with Crippen LogP contribution in [0.2, 0.25) is 5.02 Å². The Morgan fingerprint density at radius 1 is 1.31 bits per heavy atom. The number of hydrogen-bond donors (Lipinski definition) is 1. The molecule has 0 aromatic heterocycles. The number of hydrogen-bond acceptors (Lipinski definition) is 2. The van der Waals surface area contributed by atoms with Crippen LogP contribution in [0.4, 0.5) is 4.39 Å². The maximum atomic E-state index is 13.5. The molecule has 0 atom stereocenters. The standard InChI is InChI=1S/C11H14ClFN2.ClH/c12-10-2-1-9(11(13)7-10)8-15-5-3-14-4-6-15;/h1-2,7,14H,3-6,8H2;1H. The Kier molecular flexibility index (Phi) is 5.49. The Bertz CT molecular complexity index is 341. The molecule has 1 fully saturated rings. The number of halogens is 3. The predicted octanol–water partition coefficient (Wildman–Crippen LogP) is 2.31. The highest BCUT2D eigenvalue weighted by Crippen LogP contribution is 2.16.